The molecule has 242 valence electrons. The topological polar surface area (TPSA) is 134 Å². The van der Waals surface area contributed by atoms with E-state index in [1.54, 1.807) is 13.0 Å². The van der Waals surface area contributed by atoms with Crippen LogP contribution in [0.4, 0.5) is 23.2 Å². The van der Waals surface area contributed by atoms with Crippen molar-refractivity contribution >= 4 is 40.1 Å². The summed E-state index contributed by atoms with van der Waals surface area (Å²) in [7, 11) is 0. The molecule has 5 aromatic rings. The normalized spacial score (nSPS) is 16.4. The van der Waals surface area contributed by atoms with Crippen molar-refractivity contribution in [3.63, 3.8) is 0 Å². The van der Waals surface area contributed by atoms with Crippen molar-refractivity contribution < 1.29 is 31.9 Å². The number of nitrogens with zero attached hydrogens (tertiary/aromatic N) is 7. The van der Waals surface area contributed by atoms with Gasteiger partial charge >= 0.3 is 18.6 Å². The first-order chi connectivity index (χ1) is 22.4. The maximum Gasteiger partial charge on any atom is 0.482 e. The van der Waals surface area contributed by atoms with Crippen molar-refractivity contribution in [2.75, 3.05) is 4.90 Å². The Morgan fingerprint density at radius 2 is 1.96 bits per heavy atom. The summed E-state index contributed by atoms with van der Waals surface area (Å²) in [4.78, 5) is 35.6. The quantitative estimate of drug-likeness (QED) is 0.193. The average molecular weight is 669 g/mol. The predicted molar refractivity (Wildman–Crippen MR) is 161 cm³/mol. The van der Waals surface area contributed by atoms with Crippen molar-refractivity contribution in [1.29, 1.82) is 0 Å². The number of anilines is 1. The lowest BCUT2D eigenvalue weighted by Crippen LogP contribution is -2.50. The van der Waals surface area contributed by atoms with E-state index < -0.39 is 30.5 Å². The van der Waals surface area contributed by atoms with Gasteiger partial charge in [-0.15, -0.1) is 0 Å². The summed E-state index contributed by atoms with van der Waals surface area (Å²) < 4.78 is 63.5. The number of fused-ring (bicyclic) bond motifs is 2. The molecule has 1 fully saturated rings. The molecule has 0 saturated heterocycles. The van der Waals surface area contributed by atoms with E-state index in [-0.39, 0.29) is 40.6 Å². The van der Waals surface area contributed by atoms with Crippen LogP contribution in [0.3, 0.4) is 0 Å². The Hall–Kier alpha value is -5.05. The van der Waals surface area contributed by atoms with Crippen molar-refractivity contribution in [1.82, 2.24) is 29.5 Å². The SMILES string of the molecule is C[C@H](c1ccn(C(F)F)n1)n1ncc2c(-c3ccc4c(c3)OC(F)(F)C(=O)N4Cc3ccc(Cl)cn3)c(C(N)=O)c(CC3CC3)nc21. The number of nitrogens with two attached hydrogens (primary N) is 1. The summed E-state index contributed by atoms with van der Waals surface area (Å²) in [6.07, 6.45) is 2.04. The molecule has 4 aromatic heterocycles. The van der Waals surface area contributed by atoms with E-state index in [0.717, 1.165) is 23.9 Å². The third-order valence-corrected chi connectivity index (χ3v) is 8.47. The summed E-state index contributed by atoms with van der Waals surface area (Å²) in [6.45, 7) is -1.40. The van der Waals surface area contributed by atoms with E-state index in [2.05, 4.69) is 15.2 Å². The third-order valence-electron chi connectivity index (χ3n) is 8.25. The number of carbonyl (C=O) groups is 2. The fourth-order valence-electron chi connectivity index (χ4n) is 5.75. The summed E-state index contributed by atoms with van der Waals surface area (Å²) >= 11 is 5.91. The zero-order chi connectivity index (χ0) is 33.2. The molecule has 0 radical (unpaired) electrons. The van der Waals surface area contributed by atoms with Crippen molar-refractivity contribution in [2.24, 2.45) is 11.7 Å². The Balaban J connectivity index is 1.38. The maximum absolute atomic E-state index is 15.0. The van der Waals surface area contributed by atoms with Crippen molar-refractivity contribution in [3.05, 3.63) is 82.7 Å². The number of hydrogen-bond acceptors (Lipinski definition) is 7. The number of hydrogen-bond donors (Lipinski definition) is 1. The Kier molecular flexibility index (Phi) is 7.38. The minimum atomic E-state index is -4.20. The molecule has 1 aliphatic heterocycles. The van der Waals surface area contributed by atoms with E-state index in [0.29, 0.717) is 44.2 Å². The van der Waals surface area contributed by atoms with Gasteiger partial charge in [-0.25, -0.2) is 14.3 Å². The molecule has 7 rings (SSSR count). The Bertz CT molecular complexity index is 2040. The molecule has 2 aliphatic rings. The number of ether oxygens (including phenoxy) is 1. The second-order valence-electron chi connectivity index (χ2n) is 11.5. The first-order valence-electron chi connectivity index (χ1n) is 14.6. The zero-order valence-corrected chi connectivity index (χ0v) is 25.3. The molecule has 1 aromatic carbocycles. The molecular weight excluding hydrogens is 644 g/mol. The summed E-state index contributed by atoms with van der Waals surface area (Å²) in [5.74, 6) is -2.40. The first-order valence-corrected chi connectivity index (χ1v) is 15.0. The molecular formula is C31H25ClF4N8O3. The highest BCUT2D eigenvalue weighted by atomic mass is 35.5. The van der Waals surface area contributed by atoms with Crippen LogP contribution < -0.4 is 15.4 Å². The fourth-order valence-corrected chi connectivity index (χ4v) is 5.86. The number of amides is 2. The van der Waals surface area contributed by atoms with Crippen molar-refractivity contribution in [2.45, 2.75) is 51.4 Å². The van der Waals surface area contributed by atoms with Crippen LogP contribution in [0.25, 0.3) is 22.2 Å². The molecule has 1 aliphatic carbocycles. The monoisotopic (exact) mass is 668 g/mol. The lowest BCUT2D eigenvalue weighted by atomic mass is 9.93. The van der Waals surface area contributed by atoms with Crippen LogP contribution in [0.15, 0.2) is 55.0 Å². The van der Waals surface area contributed by atoms with Crippen LogP contribution >= 0.6 is 11.6 Å². The predicted octanol–water partition coefficient (Wildman–Crippen LogP) is 5.92. The molecule has 0 unspecified atom stereocenters. The lowest BCUT2D eigenvalue weighted by Gasteiger charge is -2.33. The highest BCUT2D eigenvalue weighted by Crippen LogP contribution is 2.45. The second kappa shape index (κ2) is 11.3. The van der Waals surface area contributed by atoms with Gasteiger partial charge in [0.25, 0.3) is 5.91 Å². The molecule has 16 heteroatoms. The van der Waals surface area contributed by atoms with Crippen LogP contribution in [0.1, 0.15) is 59.8 Å². The molecule has 1 atom stereocenters. The first kappa shape index (κ1) is 30.6. The van der Waals surface area contributed by atoms with Gasteiger partial charge in [-0.05, 0) is 68.0 Å². The van der Waals surface area contributed by atoms with Crippen LogP contribution in [0, 0.1) is 5.92 Å². The second-order valence-corrected chi connectivity index (χ2v) is 11.9. The summed E-state index contributed by atoms with van der Waals surface area (Å²) in [5.41, 5.74) is 7.98. The highest BCUT2D eigenvalue weighted by molar-refractivity contribution is 6.30. The standard InChI is InChI=1S/C31H25ClF4N8O3/c1-15(21-8-9-43(41-21)30(33)34)44-28-20(13-39-44)25(26(27(37)45)22(40-28)10-16-2-3-16)17-4-7-23-24(11-17)47-31(35,36)29(46)42(23)14-19-6-5-18(32)12-38-19/h4-9,11-13,15-16,30H,2-3,10,14H2,1H3,(H2,37,45)/t15-/m1/s1. The molecule has 5 heterocycles. The number of rotatable bonds is 9. The molecule has 47 heavy (non-hydrogen) atoms. The van der Waals surface area contributed by atoms with Crippen LogP contribution in [-0.4, -0.2) is 47.5 Å². The maximum atomic E-state index is 15.0. The minimum Gasteiger partial charge on any atom is -0.423 e. The summed E-state index contributed by atoms with van der Waals surface area (Å²) in [6, 6.07) is 8.16. The number of alkyl halides is 4. The number of benzene rings is 1. The van der Waals surface area contributed by atoms with E-state index in [1.807, 2.05) is 0 Å². The highest BCUT2D eigenvalue weighted by Gasteiger charge is 2.50. The van der Waals surface area contributed by atoms with E-state index >= 15 is 8.78 Å². The van der Waals surface area contributed by atoms with E-state index in [4.69, 9.17) is 27.1 Å². The number of primary amides is 1. The average Bonchev–Trinajstić information content (AvgIpc) is 3.52. The van der Waals surface area contributed by atoms with Crippen LogP contribution in [0.2, 0.25) is 5.02 Å². The molecule has 1 saturated carbocycles. The van der Waals surface area contributed by atoms with Gasteiger partial charge in [0.05, 0.1) is 52.1 Å². The fraction of sp³-hybridized carbons (Fsp3) is 0.290. The zero-order valence-electron chi connectivity index (χ0n) is 24.6. The number of pyridine rings is 2. The van der Waals surface area contributed by atoms with Gasteiger partial charge in [0.2, 0.25) is 0 Å². The molecule has 2 amide bonds. The lowest BCUT2D eigenvalue weighted by molar-refractivity contribution is -0.193. The van der Waals surface area contributed by atoms with Gasteiger partial charge in [0.1, 0.15) is 0 Å². The van der Waals surface area contributed by atoms with Gasteiger partial charge in [-0.2, -0.15) is 27.8 Å². The van der Waals surface area contributed by atoms with Gasteiger partial charge < -0.3 is 10.5 Å². The minimum absolute atomic E-state index is 0.0597. The molecule has 0 spiro atoms. The van der Waals surface area contributed by atoms with Gasteiger partial charge in [-0.3, -0.25) is 19.5 Å². The van der Waals surface area contributed by atoms with Crippen molar-refractivity contribution in [3.8, 4) is 16.9 Å². The molecule has 11 nitrogen and oxygen atoms in total. The van der Waals surface area contributed by atoms with E-state index in [1.165, 1.54) is 47.4 Å². The number of halogens is 5. The largest absolute Gasteiger partial charge is 0.482 e. The molecule has 2 N–H and O–H groups in total. The van der Waals surface area contributed by atoms with Gasteiger partial charge in [0.15, 0.2) is 11.4 Å². The Morgan fingerprint density at radius 3 is 2.62 bits per heavy atom. The number of aromatic nitrogens is 6. The van der Waals surface area contributed by atoms with Gasteiger partial charge in [0, 0.05) is 23.3 Å². The van der Waals surface area contributed by atoms with E-state index in [9.17, 15) is 18.4 Å². The smallest absolute Gasteiger partial charge is 0.423 e. The Labute approximate surface area is 268 Å². The summed E-state index contributed by atoms with van der Waals surface area (Å²) in [5, 5.41) is 9.14. The third kappa shape index (κ3) is 5.53. The van der Waals surface area contributed by atoms with Crippen LogP contribution in [0.5, 0.6) is 5.75 Å². The Morgan fingerprint density at radius 1 is 1.17 bits per heavy atom. The van der Waals surface area contributed by atoms with Gasteiger partial charge in [-0.1, -0.05) is 17.7 Å². The molecule has 0 bridgehead atoms. The van der Waals surface area contributed by atoms with Crippen LogP contribution in [-0.2, 0) is 17.8 Å². The number of carbonyl (C=O) groups excluding carboxylic acids is 2.